The van der Waals surface area contributed by atoms with Crippen LogP contribution in [0.1, 0.15) is 0 Å². The predicted octanol–water partition coefficient (Wildman–Crippen LogP) is -5.96. The SMILES string of the molecule is F.[Li+].[Li+].[O-2]. The maximum absolute atomic E-state index is 0. The van der Waals surface area contributed by atoms with E-state index < -0.39 is 0 Å². The number of rotatable bonds is 0. The van der Waals surface area contributed by atoms with Gasteiger partial charge in [-0.3, -0.25) is 4.70 Å². The van der Waals surface area contributed by atoms with Crippen LogP contribution in [0.4, 0.5) is 4.70 Å². The van der Waals surface area contributed by atoms with E-state index in [-0.39, 0.29) is 47.9 Å². The van der Waals surface area contributed by atoms with E-state index in [1.165, 1.54) is 0 Å². The van der Waals surface area contributed by atoms with Crippen molar-refractivity contribution in [2.45, 2.75) is 0 Å². The predicted molar refractivity (Wildman–Crippen MR) is 3.19 cm³/mol. The van der Waals surface area contributed by atoms with Crippen LogP contribution in [-0.4, -0.2) is 0 Å². The van der Waals surface area contributed by atoms with Gasteiger partial charge in [-0.2, -0.15) is 0 Å². The van der Waals surface area contributed by atoms with Gasteiger partial charge in [-0.1, -0.05) is 0 Å². The van der Waals surface area contributed by atoms with Crippen molar-refractivity contribution in [1.29, 1.82) is 0 Å². The van der Waals surface area contributed by atoms with Crippen LogP contribution in [0.5, 0.6) is 0 Å². The molecule has 0 rings (SSSR count). The Kier molecular flexibility index (Phi) is 595. The average molecular weight is 49.9 g/mol. The van der Waals surface area contributed by atoms with Crippen molar-refractivity contribution in [2.24, 2.45) is 0 Å². The van der Waals surface area contributed by atoms with E-state index in [4.69, 9.17) is 0 Å². The number of hydrogen-bond donors (Lipinski definition) is 0. The van der Waals surface area contributed by atoms with Gasteiger partial charge in [-0.25, -0.2) is 0 Å². The van der Waals surface area contributed by atoms with Crippen molar-refractivity contribution in [3.63, 3.8) is 0 Å². The Balaban J connectivity index is 0. The maximum Gasteiger partial charge on any atom is 1.00 e. The summed E-state index contributed by atoms with van der Waals surface area (Å²) in [5, 5.41) is 0. The minimum atomic E-state index is 0. The van der Waals surface area contributed by atoms with Crippen LogP contribution < -0.4 is 37.7 Å². The summed E-state index contributed by atoms with van der Waals surface area (Å²) in [7, 11) is 0. The van der Waals surface area contributed by atoms with Crippen molar-refractivity contribution in [1.82, 2.24) is 0 Å². The average Bonchev–Trinajstić information content (AvgIpc) is 0. The molecule has 0 N–H and O–H groups in total. The zero-order valence-corrected chi connectivity index (χ0v) is 2.82. The van der Waals surface area contributed by atoms with Gasteiger partial charge in [-0.05, 0) is 0 Å². The number of hydrogen-bond acceptors (Lipinski definition) is 0. The molecule has 0 aromatic heterocycles. The molecule has 0 fully saturated rings. The Morgan fingerprint density at radius 1 is 0.750 bits per heavy atom. The van der Waals surface area contributed by atoms with Gasteiger partial charge in [0.1, 0.15) is 0 Å². The molecule has 0 aliphatic heterocycles. The fraction of sp³-hybridized carbons (Fsp3) is 0. The zero-order chi connectivity index (χ0) is 0. The van der Waals surface area contributed by atoms with Crippen molar-refractivity contribution >= 4 is 0 Å². The Bertz CT molecular complexity index is 6.00. The molecule has 0 atom stereocenters. The molecule has 16 valence electrons. The Morgan fingerprint density at radius 2 is 0.750 bits per heavy atom. The monoisotopic (exact) mass is 50.0 g/mol. The van der Waals surface area contributed by atoms with Crippen LogP contribution in [0.3, 0.4) is 0 Å². The summed E-state index contributed by atoms with van der Waals surface area (Å²) in [6, 6.07) is 0. The van der Waals surface area contributed by atoms with E-state index in [0.717, 1.165) is 0 Å². The molecule has 0 aliphatic carbocycles. The molecule has 0 amide bonds. The Labute approximate surface area is 48.2 Å². The van der Waals surface area contributed by atoms with E-state index in [1.807, 2.05) is 0 Å². The van der Waals surface area contributed by atoms with Crippen molar-refractivity contribution in [3.05, 3.63) is 0 Å². The van der Waals surface area contributed by atoms with Crippen LogP contribution in [0, 0.1) is 0 Å². The molecule has 4 heavy (non-hydrogen) atoms. The molecule has 0 saturated heterocycles. The van der Waals surface area contributed by atoms with Gasteiger partial charge >= 0.3 is 37.7 Å². The summed E-state index contributed by atoms with van der Waals surface area (Å²) in [5.41, 5.74) is 0. The zero-order valence-electron chi connectivity index (χ0n) is 2.82. The normalized spacial score (nSPS) is 0. The van der Waals surface area contributed by atoms with E-state index in [0.29, 0.717) is 0 Å². The minimum Gasteiger partial charge on any atom is -2.00 e. The Hall–Kier alpha value is 1.08. The smallest absolute Gasteiger partial charge is 1.00 e. The van der Waals surface area contributed by atoms with Crippen molar-refractivity contribution < 1.29 is 47.9 Å². The topological polar surface area (TPSA) is 28.5 Å². The summed E-state index contributed by atoms with van der Waals surface area (Å²) in [6.45, 7) is 0. The van der Waals surface area contributed by atoms with Gasteiger partial charge < -0.3 is 5.48 Å². The third-order valence-corrected chi connectivity index (χ3v) is 0. The summed E-state index contributed by atoms with van der Waals surface area (Å²) in [5.74, 6) is 0. The first-order valence-corrected chi connectivity index (χ1v) is 0. The second-order valence-electron chi connectivity index (χ2n) is 0. The maximum atomic E-state index is 0. The molecule has 0 bridgehead atoms. The van der Waals surface area contributed by atoms with E-state index >= 15 is 0 Å². The summed E-state index contributed by atoms with van der Waals surface area (Å²) in [4.78, 5) is 0. The molecule has 0 aromatic carbocycles. The van der Waals surface area contributed by atoms with Crippen LogP contribution in [0.25, 0.3) is 0 Å². The molecule has 0 aliphatic rings. The Morgan fingerprint density at radius 3 is 0.750 bits per heavy atom. The second-order valence-corrected chi connectivity index (χ2v) is 0. The summed E-state index contributed by atoms with van der Waals surface area (Å²) in [6.07, 6.45) is 0. The molecular formula is HFLi2O. The molecule has 4 heteroatoms. The molecular weight excluding hydrogens is 48.9 g/mol. The largest absolute Gasteiger partial charge is 2.00 e. The third kappa shape index (κ3) is 11.4. The molecule has 0 heterocycles. The van der Waals surface area contributed by atoms with Gasteiger partial charge in [0.25, 0.3) is 0 Å². The standard InChI is InChI=1S/FH.2Li.O/h1H;;;/q;2*+1;-2. The van der Waals surface area contributed by atoms with Gasteiger partial charge in [0.05, 0.1) is 0 Å². The molecule has 0 spiro atoms. The van der Waals surface area contributed by atoms with Crippen molar-refractivity contribution in [2.75, 3.05) is 0 Å². The first kappa shape index (κ1) is 72.1. The molecule has 1 nitrogen and oxygen atoms in total. The third-order valence-electron chi connectivity index (χ3n) is 0. The van der Waals surface area contributed by atoms with Gasteiger partial charge in [0, 0.05) is 0 Å². The quantitative estimate of drug-likeness (QED) is 0.245. The van der Waals surface area contributed by atoms with Crippen LogP contribution in [-0.2, 0) is 5.48 Å². The van der Waals surface area contributed by atoms with Gasteiger partial charge in [-0.15, -0.1) is 0 Å². The molecule has 0 unspecified atom stereocenters. The number of halogens is 1. The van der Waals surface area contributed by atoms with E-state index in [9.17, 15) is 0 Å². The van der Waals surface area contributed by atoms with Gasteiger partial charge in [0.2, 0.25) is 0 Å². The second kappa shape index (κ2) is 33.0. The molecule has 0 radical (unpaired) electrons. The minimum absolute atomic E-state index is 0. The van der Waals surface area contributed by atoms with Gasteiger partial charge in [0.15, 0.2) is 0 Å². The first-order chi connectivity index (χ1) is 0. The fourth-order valence-corrected chi connectivity index (χ4v) is 0. The fourth-order valence-electron chi connectivity index (χ4n) is 0. The van der Waals surface area contributed by atoms with Crippen LogP contribution >= 0.6 is 0 Å². The molecule has 0 aromatic rings. The van der Waals surface area contributed by atoms with Crippen LogP contribution in [0.15, 0.2) is 0 Å². The molecule has 0 saturated carbocycles. The summed E-state index contributed by atoms with van der Waals surface area (Å²) >= 11 is 0. The first-order valence-electron chi connectivity index (χ1n) is 0. The van der Waals surface area contributed by atoms with E-state index in [1.54, 1.807) is 0 Å². The van der Waals surface area contributed by atoms with Crippen LogP contribution in [0.2, 0.25) is 0 Å². The van der Waals surface area contributed by atoms with Crippen molar-refractivity contribution in [3.8, 4) is 0 Å². The summed E-state index contributed by atoms with van der Waals surface area (Å²) < 4.78 is 0. The van der Waals surface area contributed by atoms with E-state index in [2.05, 4.69) is 0 Å².